The molecule has 118 valence electrons. The minimum atomic E-state index is -0.778. The van der Waals surface area contributed by atoms with Gasteiger partial charge in [0.15, 0.2) is 0 Å². The Labute approximate surface area is 138 Å². The van der Waals surface area contributed by atoms with Crippen LogP contribution in [0.25, 0.3) is 0 Å². The lowest BCUT2D eigenvalue weighted by atomic mass is 9.87. The number of benzene rings is 1. The van der Waals surface area contributed by atoms with Crippen LogP contribution in [0.4, 0.5) is 4.39 Å². The molecule has 1 aromatic carbocycles. The fraction of sp³-hybridized carbons (Fsp3) is 0.294. The number of hydrogen-bond donors (Lipinski definition) is 0. The molecule has 1 aliphatic heterocycles. The Morgan fingerprint density at radius 1 is 1.39 bits per heavy atom. The van der Waals surface area contributed by atoms with E-state index in [-0.39, 0.29) is 11.9 Å². The molecule has 1 aliphatic carbocycles. The lowest BCUT2D eigenvalue weighted by Gasteiger charge is -2.18. The van der Waals surface area contributed by atoms with Crippen LogP contribution in [-0.2, 0) is 11.3 Å². The van der Waals surface area contributed by atoms with Crippen molar-refractivity contribution in [2.75, 3.05) is 0 Å². The van der Waals surface area contributed by atoms with Gasteiger partial charge in [0.1, 0.15) is 30.2 Å². The number of aromatic nitrogens is 3. The normalized spacial score (nSPS) is 26.6. The Morgan fingerprint density at radius 3 is 3.00 bits per heavy atom. The van der Waals surface area contributed by atoms with Crippen LogP contribution in [0.15, 0.2) is 60.5 Å². The number of ether oxygens (including phenoxy) is 1. The van der Waals surface area contributed by atoms with Gasteiger partial charge in [0.25, 0.3) is 0 Å². The summed E-state index contributed by atoms with van der Waals surface area (Å²) in [6.45, 7) is 0.399. The number of allylic oxidation sites excluding steroid dienone is 2. The first-order valence-corrected chi connectivity index (χ1v) is 7.89. The molecular weight excluding hydrogens is 317 g/mol. The van der Waals surface area contributed by atoms with Crippen molar-refractivity contribution in [3.63, 3.8) is 0 Å². The number of rotatable bonds is 4. The Kier molecular flexibility index (Phi) is 3.54. The van der Waals surface area contributed by atoms with Crippen LogP contribution in [0.1, 0.15) is 24.5 Å². The van der Waals surface area contributed by atoms with Crippen LogP contribution in [-0.4, -0.2) is 20.4 Å². The van der Waals surface area contributed by atoms with Crippen molar-refractivity contribution >= 4 is 11.6 Å². The molecule has 4 nitrogen and oxygen atoms in total. The van der Waals surface area contributed by atoms with Gasteiger partial charge >= 0.3 is 0 Å². The van der Waals surface area contributed by atoms with E-state index in [0.29, 0.717) is 30.0 Å². The predicted molar refractivity (Wildman–Crippen MR) is 84.5 cm³/mol. The molecule has 6 heteroatoms. The highest BCUT2D eigenvalue weighted by Gasteiger charge is 2.61. The number of epoxide rings is 1. The van der Waals surface area contributed by atoms with E-state index in [1.807, 2.05) is 36.4 Å². The van der Waals surface area contributed by atoms with Gasteiger partial charge in [0.05, 0.1) is 6.54 Å². The smallest absolute Gasteiger partial charge is 0.146 e. The molecule has 0 radical (unpaired) electrons. The highest BCUT2D eigenvalue weighted by Crippen LogP contribution is 2.58. The van der Waals surface area contributed by atoms with Gasteiger partial charge < -0.3 is 4.74 Å². The lowest BCUT2D eigenvalue weighted by molar-refractivity contribution is 0.288. The minimum absolute atomic E-state index is 0.123. The van der Waals surface area contributed by atoms with Gasteiger partial charge in [-0.1, -0.05) is 42.0 Å². The quantitative estimate of drug-likeness (QED) is 0.795. The number of halogens is 2. The van der Waals surface area contributed by atoms with Crippen LogP contribution in [0, 0.1) is 0 Å². The van der Waals surface area contributed by atoms with Crippen LogP contribution < -0.4 is 0 Å². The first-order valence-electron chi connectivity index (χ1n) is 7.51. The molecule has 0 N–H and O–H groups in total. The Bertz CT molecular complexity index is 787. The second-order valence-corrected chi connectivity index (χ2v) is 6.17. The lowest BCUT2D eigenvalue weighted by Crippen LogP contribution is -2.25. The second-order valence-electron chi connectivity index (χ2n) is 5.76. The van der Waals surface area contributed by atoms with Crippen molar-refractivity contribution in [2.45, 2.75) is 31.1 Å². The molecule has 0 amide bonds. The van der Waals surface area contributed by atoms with E-state index in [4.69, 9.17) is 16.3 Å². The van der Waals surface area contributed by atoms with Crippen LogP contribution in [0.5, 0.6) is 0 Å². The Balaban J connectivity index is 1.75. The summed E-state index contributed by atoms with van der Waals surface area (Å²) in [6, 6.07) is 7.51. The van der Waals surface area contributed by atoms with Gasteiger partial charge in [-0.15, -0.1) is 0 Å². The molecule has 1 aromatic heterocycles. The molecule has 2 unspecified atom stereocenters. The molecule has 1 saturated heterocycles. The fourth-order valence-electron chi connectivity index (χ4n) is 3.15. The van der Waals surface area contributed by atoms with Gasteiger partial charge in [0, 0.05) is 22.6 Å². The molecule has 1 fully saturated rings. The fourth-order valence-corrected chi connectivity index (χ4v) is 3.39. The molecule has 2 atom stereocenters. The largest absolute Gasteiger partial charge is 0.354 e. The van der Waals surface area contributed by atoms with Gasteiger partial charge in [0.2, 0.25) is 0 Å². The summed E-state index contributed by atoms with van der Waals surface area (Å²) in [6.07, 6.45) is 7.71. The van der Waals surface area contributed by atoms with Crippen LogP contribution in [0.3, 0.4) is 0 Å². The van der Waals surface area contributed by atoms with Crippen molar-refractivity contribution in [3.05, 3.63) is 71.1 Å². The third kappa shape index (κ3) is 2.50. The van der Waals surface area contributed by atoms with E-state index in [2.05, 4.69) is 10.1 Å². The molecule has 2 aliphatic rings. The topological polar surface area (TPSA) is 43.2 Å². The maximum absolute atomic E-state index is 14.5. The van der Waals surface area contributed by atoms with E-state index in [9.17, 15) is 4.39 Å². The zero-order valence-corrected chi connectivity index (χ0v) is 13.1. The van der Waals surface area contributed by atoms with Gasteiger partial charge in [-0.3, -0.25) is 0 Å². The zero-order valence-electron chi connectivity index (χ0n) is 12.3. The van der Waals surface area contributed by atoms with Crippen LogP contribution in [0.2, 0.25) is 5.02 Å². The maximum atomic E-state index is 14.5. The standard InChI is InChI=1S/C17H15ClFN3O/c18-14-7-3-1-5-12(14)16-17(23-16,9-22-11-20-10-21-22)13-6-2-4-8-15(13)19/h1-3,5-7,10-11,16H,4,8-9H2. The second kappa shape index (κ2) is 5.58. The number of nitrogens with zero attached hydrogens (tertiary/aromatic N) is 3. The van der Waals surface area contributed by atoms with Gasteiger partial charge in [-0.05, 0) is 12.5 Å². The molecule has 0 bridgehead atoms. The molecule has 2 aromatic rings. The molecule has 2 heterocycles. The average Bonchev–Trinajstić information content (AvgIpc) is 3.01. The predicted octanol–water partition coefficient (Wildman–Crippen LogP) is 4.02. The number of hydrogen-bond acceptors (Lipinski definition) is 3. The van der Waals surface area contributed by atoms with E-state index >= 15 is 0 Å². The molecule has 0 spiro atoms. The monoisotopic (exact) mass is 331 g/mol. The highest BCUT2D eigenvalue weighted by molar-refractivity contribution is 6.31. The third-order valence-electron chi connectivity index (χ3n) is 4.31. The summed E-state index contributed by atoms with van der Waals surface area (Å²) < 4.78 is 22.2. The Hall–Kier alpha value is -1.98. The van der Waals surface area contributed by atoms with Crippen LogP contribution >= 0.6 is 11.6 Å². The van der Waals surface area contributed by atoms with Crippen molar-refractivity contribution in [2.24, 2.45) is 0 Å². The molecule has 0 saturated carbocycles. The maximum Gasteiger partial charge on any atom is 0.146 e. The summed E-state index contributed by atoms with van der Waals surface area (Å²) in [5.74, 6) is -0.123. The SMILES string of the molecule is FC1=C(C2(Cn3cncn3)OC2c2ccccc2Cl)C=CCC1. The highest BCUT2D eigenvalue weighted by atomic mass is 35.5. The minimum Gasteiger partial charge on any atom is -0.354 e. The van der Waals surface area contributed by atoms with Crippen molar-refractivity contribution in [1.82, 2.24) is 14.8 Å². The summed E-state index contributed by atoms with van der Waals surface area (Å²) in [4.78, 5) is 3.96. The summed E-state index contributed by atoms with van der Waals surface area (Å²) in [7, 11) is 0. The van der Waals surface area contributed by atoms with E-state index in [0.717, 1.165) is 5.56 Å². The zero-order chi connectivity index (χ0) is 15.9. The molecular formula is C17H15ClFN3O. The third-order valence-corrected chi connectivity index (χ3v) is 4.65. The summed E-state index contributed by atoms with van der Waals surface area (Å²) >= 11 is 6.30. The first kappa shape index (κ1) is 14.6. The van der Waals surface area contributed by atoms with Gasteiger partial charge in [-0.2, -0.15) is 5.10 Å². The molecule has 23 heavy (non-hydrogen) atoms. The van der Waals surface area contributed by atoms with Crippen molar-refractivity contribution in [3.8, 4) is 0 Å². The van der Waals surface area contributed by atoms with Crippen molar-refractivity contribution in [1.29, 1.82) is 0 Å². The summed E-state index contributed by atoms with van der Waals surface area (Å²) in [5.41, 5.74) is 0.678. The summed E-state index contributed by atoms with van der Waals surface area (Å²) in [5, 5.41) is 4.76. The molecule has 4 rings (SSSR count). The van der Waals surface area contributed by atoms with E-state index < -0.39 is 5.60 Å². The first-order chi connectivity index (χ1) is 11.2. The van der Waals surface area contributed by atoms with E-state index in [1.54, 1.807) is 11.0 Å². The van der Waals surface area contributed by atoms with Crippen molar-refractivity contribution < 1.29 is 9.13 Å². The van der Waals surface area contributed by atoms with Gasteiger partial charge in [-0.25, -0.2) is 14.1 Å². The van der Waals surface area contributed by atoms with E-state index in [1.165, 1.54) is 6.33 Å². The Morgan fingerprint density at radius 2 is 2.26 bits per heavy atom. The average molecular weight is 332 g/mol.